The Labute approximate surface area is 149 Å². The minimum atomic E-state index is -0.0383. The fourth-order valence-corrected chi connectivity index (χ4v) is 3.61. The van der Waals surface area contributed by atoms with Crippen molar-refractivity contribution >= 4 is 11.8 Å². The van der Waals surface area contributed by atoms with E-state index in [2.05, 4.69) is 4.98 Å². The van der Waals surface area contributed by atoms with Crippen LogP contribution in [0.2, 0.25) is 0 Å². The predicted octanol–water partition coefficient (Wildman–Crippen LogP) is 1.85. The van der Waals surface area contributed by atoms with Gasteiger partial charge in [0.1, 0.15) is 0 Å². The van der Waals surface area contributed by atoms with Crippen LogP contribution in [0.5, 0.6) is 0 Å². The van der Waals surface area contributed by atoms with Crippen LogP contribution in [-0.2, 0) is 20.9 Å². The van der Waals surface area contributed by atoms with Crippen molar-refractivity contribution in [1.82, 2.24) is 14.8 Å². The van der Waals surface area contributed by atoms with Gasteiger partial charge in [0.05, 0.1) is 24.3 Å². The number of nitrogens with zero attached hydrogens (tertiary/aromatic N) is 3. The number of pyridine rings is 1. The van der Waals surface area contributed by atoms with Gasteiger partial charge < -0.3 is 14.5 Å². The van der Waals surface area contributed by atoms with E-state index < -0.39 is 0 Å². The summed E-state index contributed by atoms with van der Waals surface area (Å²) in [5.41, 5.74) is 0.938. The third-order valence-corrected chi connectivity index (χ3v) is 5.18. The van der Waals surface area contributed by atoms with Crippen LogP contribution in [0.3, 0.4) is 0 Å². The summed E-state index contributed by atoms with van der Waals surface area (Å²) in [5, 5.41) is 0. The first kappa shape index (κ1) is 17.9. The van der Waals surface area contributed by atoms with Crippen molar-refractivity contribution in [2.45, 2.75) is 45.3 Å². The fraction of sp³-hybridized carbons (Fsp3) is 0.632. The second-order valence-corrected chi connectivity index (χ2v) is 6.82. The van der Waals surface area contributed by atoms with E-state index in [9.17, 15) is 9.59 Å². The molecule has 136 valence electrons. The van der Waals surface area contributed by atoms with E-state index in [-0.39, 0.29) is 23.8 Å². The maximum Gasteiger partial charge on any atom is 0.227 e. The molecule has 0 bridgehead atoms. The maximum atomic E-state index is 12.7. The molecule has 1 unspecified atom stereocenters. The molecule has 6 heteroatoms. The number of carbonyl (C=O) groups excluding carboxylic acids is 2. The Balaban J connectivity index is 1.44. The number of amides is 2. The van der Waals surface area contributed by atoms with Gasteiger partial charge in [-0.15, -0.1) is 0 Å². The van der Waals surface area contributed by atoms with Crippen LogP contribution in [0.4, 0.5) is 0 Å². The zero-order valence-corrected chi connectivity index (χ0v) is 14.9. The zero-order valence-electron chi connectivity index (χ0n) is 14.9. The Kier molecular flexibility index (Phi) is 6.02. The molecule has 2 amide bonds. The normalized spacial score (nSPS) is 22.3. The average molecular weight is 345 g/mol. The summed E-state index contributed by atoms with van der Waals surface area (Å²) in [6.45, 7) is 5.23. The Morgan fingerprint density at radius 1 is 1.28 bits per heavy atom. The summed E-state index contributed by atoms with van der Waals surface area (Å²) in [5.74, 6) is 0.339. The SMILES string of the molecule is CCN1CC(C(=O)N2CCC(OCc3ccccn3)CC2)CCC1=O. The van der Waals surface area contributed by atoms with E-state index in [0.717, 1.165) is 31.6 Å². The second kappa shape index (κ2) is 8.43. The molecule has 0 radical (unpaired) electrons. The molecule has 1 aromatic heterocycles. The molecule has 0 aromatic carbocycles. The summed E-state index contributed by atoms with van der Waals surface area (Å²) >= 11 is 0. The average Bonchev–Trinajstić information content (AvgIpc) is 2.67. The monoisotopic (exact) mass is 345 g/mol. The lowest BCUT2D eigenvalue weighted by Gasteiger charge is -2.37. The Morgan fingerprint density at radius 3 is 2.76 bits per heavy atom. The summed E-state index contributed by atoms with van der Waals surface area (Å²) in [6, 6.07) is 5.82. The summed E-state index contributed by atoms with van der Waals surface area (Å²) in [7, 11) is 0. The number of hydrogen-bond donors (Lipinski definition) is 0. The first-order chi connectivity index (χ1) is 12.2. The van der Waals surface area contributed by atoms with Gasteiger partial charge in [0.15, 0.2) is 0 Å². The lowest BCUT2D eigenvalue weighted by molar-refractivity contribution is -0.144. The highest BCUT2D eigenvalue weighted by atomic mass is 16.5. The summed E-state index contributed by atoms with van der Waals surface area (Å²) in [6.07, 6.45) is 4.86. The van der Waals surface area contributed by atoms with Crippen LogP contribution < -0.4 is 0 Å². The number of likely N-dealkylation sites (tertiary alicyclic amines) is 2. The molecule has 2 aliphatic rings. The lowest BCUT2D eigenvalue weighted by Crippen LogP contribution is -2.49. The van der Waals surface area contributed by atoms with Gasteiger partial charge in [0, 0.05) is 38.8 Å². The highest BCUT2D eigenvalue weighted by molar-refractivity contribution is 5.84. The van der Waals surface area contributed by atoms with Gasteiger partial charge >= 0.3 is 0 Å². The predicted molar refractivity (Wildman–Crippen MR) is 93.6 cm³/mol. The van der Waals surface area contributed by atoms with Crippen LogP contribution in [-0.4, -0.2) is 58.9 Å². The van der Waals surface area contributed by atoms with Crippen molar-refractivity contribution in [3.05, 3.63) is 30.1 Å². The van der Waals surface area contributed by atoms with Gasteiger partial charge in [0.25, 0.3) is 0 Å². The van der Waals surface area contributed by atoms with Gasteiger partial charge in [-0.2, -0.15) is 0 Å². The Hall–Kier alpha value is -1.95. The topological polar surface area (TPSA) is 62.7 Å². The van der Waals surface area contributed by atoms with Crippen molar-refractivity contribution in [2.24, 2.45) is 5.92 Å². The van der Waals surface area contributed by atoms with Gasteiger partial charge in [0.2, 0.25) is 11.8 Å². The van der Waals surface area contributed by atoms with Gasteiger partial charge in [-0.05, 0) is 38.3 Å². The molecule has 3 heterocycles. The van der Waals surface area contributed by atoms with Gasteiger partial charge in [-0.1, -0.05) is 6.07 Å². The van der Waals surface area contributed by atoms with Crippen molar-refractivity contribution in [3.8, 4) is 0 Å². The molecule has 1 aromatic rings. The molecule has 0 aliphatic carbocycles. The molecule has 3 rings (SSSR count). The number of rotatable bonds is 5. The lowest BCUT2D eigenvalue weighted by atomic mass is 9.95. The maximum absolute atomic E-state index is 12.7. The molecule has 0 N–H and O–H groups in total. The highest BCUT2D eigenvalue weighted by Crippen LogP contribution is 2.23. The van der Waals surface area contributed by atoms with Crippen molar-refractivity contribution in [2.75, 3.05) is 26.2 Å². The molecule has 2 fully saturated rings. The highest BCUT2D eigenvalue weighted by Gasteiger charge is 2.33. The van der Waals surface area contributed by atoms with Crippen molar-refractivity contribution in [3.63, 3.8) is 0 Å². The van der Waals surface area contributed by atoms with E-state index in [1.54, 1.807) is 11.1 Å². The smallest absolute Gasteiger partial charge is 0.227 e. The zero-order chi connectivity index (χ0) is 17.6. The molecule has 0 spiro atoms. The van der Waals surface area contributed by atoms with Gasteiger partial charge in [-0.25, -0.2) is 0 Å². The largest absolute Gasteiger partial charge is 0.372 e. The minimum absolute atomic E-state index is 0.0383. The molecule has 1 atom stereocenters. The number of aromatic nitrogens is 1. The molecular weight excluding hydrogens is 318 g/mol. The van der Waals surface area contributed by atoms with Crippen LogP contribution in [0.15, 0.2) is 24.4 Å². The third kappa shape index (κ3) is 4.57. The Morgan fingerprint density at radius 2 is 2.08 bits per heavy atom. The third-order valence-electron chi connectivity index (χ3n) is 5.18. The van der Waals surface area contributed by atoms with Crippen LogP contribution >= 0.6 is 0 Å². The van der Waals surface area contributed by atoms with E-state index in [0.29, 0.717) is 32.5 Å². The first-order valence-corrected chi connectivity index (χ1v) is 9.25. The van der Waals surface area contributed by atoms with Crippen molar-refractivity contribution < 1.29 is 14.3 Å². The Bertz CT molecular complexity index is 585. The fourth-order valence-electron chi connectivity index (χ4n) is 3.61. The number of ether oxygens (including phenoxy) is 1. The van der Waals surface area contributed by atoms with Crippen LogP contribution in [0.25, 0.3) is 0 Å². The number of piperidine rings is 2. The van der Waals surface area contributed by atoms with Crippen molar-refractivity contribution in [1.29, 1.82) is 0 Å². The number of carbonyl (C=O) groups is 2. The molecular formula is C19H27N3O3. The summed E-state index contributed by atoms with van der Waals surface area (Å²) in [4.78, 5) is 32.5. The molecule has 6 nitrogen and oxygen atoms in total. The summed E-state index contributed by atoms with van der Waals surface area (Å²) < 4.78 is 5.94. The first-order valence-electron chi connectivity index (χ1n) is 9.25. The van der Waals surface area contributed by atoms with E-state index in [1.807, 2.05) is 30.0 Å². The van der Waals surface area contributed by atoms with Gasteiger partial charge in [-0.3, -0.25) is 14.6 Å². The van der Waals surface area contributed by atoms with E-state index in [1.165, 1.54) is 0 Å². The molecule has 2 saturated heterocycles. The van der Waals surface area contributed by atoms with E-state index >= 15 is 0 Å². The van der Waals surface area contributed by atoms with Crippen LogP contribution in [0, 0.1) is 5.92 Å². The minimum Gasteiger partial charge on any atom is -0.372 e. The molecule has 25 heavy (non-hydrogen) atoms. The van der Waals surface area contributed by atoms with Crippen LogP contribution in [0.1, 0.15) is 38.3 Å². The molecule has 2 aliphatic heterocycles. The number of hydrogen-bond acceptors (Lipinski definition) is 4. The second-order valence-electron chi connectivity index (χ2n) is 6.82. The standard InChI is InChI=1S/C19H27N3O3/c1-2-21-13-15(6-7-18(21)23)19(24)22-11-8-17(9-12-22)25-14-16-5-3-4-10-20-16/h3-5,10,15,17H,2,6-9,11-14H2,1H3. The quantitative estimate of drug-likeness (QED) is 0.817. The molecule has 0 saturated carbocycles. The van der Waals surface area contributed by atoms with E-state index in [4.69, 9.17) is 4.74 Å².